The zero-order chi connectivity index (χ0) is 31.6. The molecule has 0 radical (unpaired) electrons. The summed E-state index contributed by atoms with van der Waals surface area (Å²) in [5.74, 6) is 3.34. The third kappa shape index (κ3) is 4.46. The lowest BCUT2D eigenvalue weighted by molar-refractivity contribution is 0.271. The molecule has 6 aromatic rings. The highest BCUT2D eigenvalue weighted by atomic mass is 32.1. The molecule has 10 rings (SSSR count). The van der Waals surface area contributed by atoms with E-state index in [9.17, 15) is 0 Å². The van der Waals surface area contributed by atoms with Gasteiger partial charge in [-0.2, -0.15) is 0 Å². The summed E-state index contributed by atoms with van der Waals surface area (Å²) in [6.07, 6.45) is 20.6. The second-order valence-corrected chi connectivity index (χ2v) is 13.8. The van der Waals surface area contributed by atoms with Gasteiger partial charge in [-0.3, -0.25) is 0 Å². The Morgan fingerprint density at radius 3 is 2.46 bits per heavy atom. The molecule has 2 aromatic heterocycles. The summed E-state index contributed by atoms with van der Waals surface area (Å²) in [5.41, 5.74) is 8.10. The SMILES string of the molecule is C1=CC2=CC=C(c3cc(-c4nc(C5=CC=CC6Oc7ccccc7C56)nc(-c5ccccc5)n4)c4c(c3)sc3ccccc34)CC2C=C1. The van der Waals surface area contributed by atoms with Gasteiger partial charge < -0.3 is 4.74 Å². The molecular weight excluding hydrogens is 607 g/mol. The topological polar surface area (TPSA) is 47.9 Å². The molecule has 3 unspecified atom stereocenters. The summed E-state index contributed by atoms with van der Waals surface area (Å²) in [6, 6.07) is 31.9. The van der Waals surface area contributed by atoms with Gasteiger partial charge in [0.15, 0.2) is 17.5 Å². The lowest BCUT2D eigenvalue weighted by Gasteiger charge is -2.23. The van der Waals surface area contributed by atoms with Crippen molar-refractivity contribution in [2.45, 2.75) is 18.4 Å². The van der Waals surface area contributed by atoms with Crippen LogP contribution < -0.4 is 4.74 Å². The molecule has 4 aromatic carbocycles. The smallest absolute Gasteiger partial charge is 0.164 e. The van der Waals surface area contributed by atoms with Crippen LogP contribution in [0.5, 0.6) is 5.75 Å². The number of hydrogen-bond donors (Lipinski definition) is 0. The molecule has 4 nitrogen and oxygen atoms in total. The molecule has 0 amide bonds. The molecule has 1 aliphatic heterocycles. The Hall–Kier alpha value is -5.65. The zero-order valence-corrected chi connectivity index (χ0v) is 26.8. The first-order chi connectivity index (χ1) is 23.8. The second kappa shape index (κ2) is 11.0. The van der Waals surface area contributed by atoms with Crippen LogP contribution >= 0.6 is 11.3 Å². The predicted molar refractivity (Wildman–Crippen MR) is 197 cm³/mol. The lowest BCUT2D eigenvalue weighted by atomic mass is 9.82. The van der Waals surface area contributed by atoms with E-state index in [1.165, 1.54) is 36.9 Å². The van der Waals surface area contributed by atoms with Crippen molar-refractivity contribution in [1.29, 1.82) is 0 Å². The molecule has 228 valence electrons. The van der Waals surface area contributed by atoms with Crippen molar-refractivity contribution in [1.82, 2.24) is 15.0 Å². The summed E-state index contributed by atoms with van der Waals surface area (Å²) in [6.45, 7) is 0. The highest BCUT2D eigenvalue weighted by molar-refractivity contribution is 7.26. The van der Waals surface area contributed by atoms with Gasteiger partial charge in [0.25, 0.3) is 0 Å². The number of fused-ring (bicyclic) bond motifs is 7. The molecule has 0 saturated carbocycles. The molecule has 0 N–H and O–H groups in total. The standard InChI is InChI=1S/C43H29N3OS/c1-2-12-27(13-3-1)41-44-42(33-17-10-19-36-39(33)31-15-6-8-18-35(31)47-36)46-43(45-41)34-24-30(29-22-21-26-11-4-5-14-28(26)23-29)25-38-40(34)32-16-7-9-20-37(32)48-38/h1-22,24-25,28,36,39H,23H2. The van der Waals surface area contributed by atoms with Gasteiger partial charge in [0, 0.05) is 48.4 Å². The highest BCUT2D eigenvalue weighted by Crippen LogP contribution is 2.48. The lowest BCUT2D eigenvalue weighted by Crippen LogP contribution is -2.20. The minimum absolute atomic E-state index is 0.00405. The van der Waals surface area contributed by atoms with Gasteiger partial charge in [0.1, 0.15) is 11.9 Å². The van der Waals surface area contributed by atoms with Crippen LogP contribution in [-0.4, -0.2) is 21.1 Å². The maximum absolute atomic E-state index is 6.39. The molecule has 3 aliphatic carbocycles. The third-order valence-corrected chi connectivity index (χ3v) is 11.0. The van der Waals surface area contributed by atoms with Gasteiger partial charge in [0.2, 0.25) is 0 Å². The average molecular weight is 636 g/mol. The first-order valence-corrected chi connectivity index (χ1v) is 17.3. The maximum Gasteiger partial charge on any atom is 0.164 e. The summed E-state index contributed by atoms with van der Waals surface area (Å²) < 4.78 is 8.88. The number of rotatable bonds is 4. The van der Waals surface area contributed by atoms with Gasteiger partial charge >= 0.3 is 0 Å². The molecule has 3 atom stereocenters. The fraction of sp³-hybridized carbons (Fsp3) is 0.0930. The number of nitrogens with zero attached hydrogens (tertiary/aromatic N) is 3. The first-order valence-electron chi connectivity index (χ1n) is 16.4. The van der Waals surface area contributed by atoms with Crippen LogP contribution in [0.4, 0.5) is 0 Å². The van der Waals surface area contributed by atoms with E-state index in [-0.39, 0.29) is 12.0 Å². The zero-order valence-electron chi connectivity index (χ0n) is 26.0. The van der Waals surface area contributed by atoms with Crippen LogP contribution in [0.3, 0.4) is 0 Å². The molecule has 0 fully saturated rings. The van der Waals surface area contributed by atoms with Gasteiger partial charge in [-0.1, -0.05) is 115 Å². The van der Waals surface area contributed by atoms with Crippen molar-refractivity contribution in [2.24, 2.45) is 5.92 Å². The van der Waals surface area contributed by atoms with Crippen LogP contribution in [0, 0.1) is 5.92 Å². The number of benzene rings is 4. The fourth-order valence-corrected chi connectivity index (χ4v) is 8.73. The molecule has 48 heavy (non-hydrogen) atoms. The average Bonchev–Trinajstić information content (AvgIpc) is 3.73. The molecule has 0 bridgehead atoms. The Morgan fingerprint density at radius 1 is 0.667 bits per heavy atom. The Kier molecular flexibility index (Phi) is 6.27. The van der Waals surface area contributed by atoms with E-state index >= 15 is 0 Å². The van der Waals surface area contributed by atoms with E-state index in [0.717, 1.165) is 34.4 Å². The van der Waals surface area contributed by atoms with E-state index in [1.807, 2.05) is 35.6 Å². The van der Waals surface area contributed by atoms with Gasteiger partial charge in [-0.05, 0) is 53.5 Å². The van der Waals surface area contributed by atoms with Crippen LogP contribution in [0.2, 0.25) is 0 Å². The molecule has 3 heterocycles. The van der Waals surface area contributed by atoms with Gasteiger partial charge in [-0.15, -0.1) is 11.3 Å². The van der Waals surface area contributed by atoms with Crippen LogP contribution in [-0.2, 0) is 0 Å². The van der Waals surface area contributed by atoms with E-state index < -0.39 is 0 Å². The third-order valence-electron chi connectivity index (χ3n) is 9.86. The summed E-state index contributed by atoms with van der Waals surface area (Å²) in [5, 5.41) is 2.41. The Bertz CT molecular complexity index is 2480. The van der Waals surface area contributed by atoms with Crippen LogP contribution in [0.1, 0.15) is 29.3 Å². The normalized spacial score (nSPS) is 20.5. The second-order valence-electron chi connectivity index (χ2n) is 12.7. The van der Waals surface area contributed by atoms with E-state index in [1.54, 1.807) is 0 Å². The minimum atomic E-state index is -0.0986. The quantitative estimate of drug-likeness (QED) is 0.193. The van der Waals surface area contributed by atoms with E-state index in [0.29, 0.717) is 23.4 Å². The minimum Gasteiger partial charge on any atom is -0.485 e. The number of hydrogen-bond acceptors (Lipinski definition) is 5. The van der Waals surface area contributed by atoms with Crippen molar-refractivity contribution in [3.8, 4) is 28.5 Å². The number of allylic oxidation sites excluding steroid dienone is 10. The molecule has 0 spiro atoms. The van der Waals surface area contributed by atoms with Crippen LogP contribution in [0.25, 0.3) is 54.1 Å². The van der Waals surface area contributed by atoms with Crippen molar-refractivity contribution in [3.05, 3.63) is 168 Å². The Balaban J connectivity index is 1.21. The summed E-state index contributed by atoms with van der Waals surface area (Å²) >= 11 is 1.83. The van der Waals surface area contributed by atoms with Crippen LogP contribution in [0.15, 0.2) is 151 Å². The molecule has 5 heteroatoms. The first kappa shape index (κ1) is 27.5. The number of thiophene rings is 1. The maximum atomic E-state index is 6.39. The highest BCUT2D eigenvalue weighted by Gasteiger charge is 2.38. The van der Waals surface area contributed by atoms with E-state index in [2.05, 4.69) is 121 Å². The molecule has 4 aliphatic rings. The van der Waals surface area contributed by atoms with E-state index in [4.69, 9.17) is 19.7 Å². The largest absolute Gasteiger partial charge is 0.485 e. The van der Waals surface area contributed by atoms with Crippen molar-refractivity contribution in [2.75, 3.05) is 0 Å². The monoisotopic (exact) mass is 635 g/mol. The number of aromatic nitrogens is 3. The number of ether oxygens (including phenoxy) is 1. The Morgan fingerprint density at radius 2 is 1.50 bits per heavy atom. The van der Waals surface area contributed by atoms with Crippen molar-refractivity contribution in [3.63, 3.8) is 0 Å². The van der Waals surface area contributed by atoms with Gasteiger partial charge in [0.05, 0.1) is 5.92 Å². The number of para-hydroxylation sites is 1. The fourth-order valence-electron chi connectivity index (χ4n) is 7.56. The molecule has 0 saturated heterocycles. The van der Waals surface area contributed by atoms with Crippen molar-refractivity contribution < 1.29 is 4.74 Å². The van der Waals surface area contributed by atoms with Crippen molar-refractivity contribution >= 4 is 42.7 Å². The molecular formula is C43H29N3OS. The van der Waals surface area contributed by atoms with Gasteiger partial charge in [-0.25, -0.2) is 15.0 Å². The predicted octanol–water partition coefficient (Wildman–Crippen LogP) is 10.5. The Labute approximate surface area is 282 Å². The summed E-state index contributed by atoms with van der Waals surface area (Å²) in [4.78, 5) is 15.8. The summed E-state index contributed by atoms with van der Waals surface area (Å²) in [7, 11) is 0.